The van der Waals surface area contributed by atoms with Gasteiger partial charge in [-0.2, -0.15) is 5.10 Å². The van der Waals surface area contributed by atoms with Crippen LogP contribution in [-0.4, -0.2) is 36.0 Å². The average Bonchev–Trinajstić information content (AvgIpc) is 2.95. The van der Waals surface area contributed by atoms with Crippen molar-refractivity contribution in [2.75, 3.05) is 6.54 Å². The fraction of sp³-hybridized carbons (Fsp3) is 0.286. The van der Waals surface area contributed by atoms with Crippen molar-refractivity contribution in [2.24, 2.45) is 0 Å². The number of nitrogens with one attached hydrogen (secondary N) is 1. The van der Waals surface area contributed by atoms with Gasteiger partial charge in [0.15, 0.2) is 5.65 Å². The van der Waals surface area contributed by atoms with Crippen molar-refractivity contribution in [1.82, 2.24) is 29.5 Å². The van der Waals surface area contributed by atoms with Gasteiger partial charge >= 0.3 is 0 Å². The van der Waals surface area contributed by atoms with E-state index in [1.54, 1.807) is 10.8 Å². The third-order valence-electron chi connectivity index (χ3n) is 3.84. The van der Waals surface area contributed by atoms with Crippen molar-refractivity contribution in [3.63, 3.8) is 0 Å². The van der Waals surface area contributed by atoms with Crippen LogP contribution in [0, 0.1) is 0 Å². The summed E-state index contributed by atoms with van der Waals surface area (Å²) in [4.78, 5) is 25.1. The average molecular weight is 282 g/mol. The van der Waals surface area contributed by atoms with Gasteiger partial charge in [0.1, 0.15) is 6.33 Å². The summed E-state index contributed by atoms with van der Waals surface area (Å²) in [6.45, 7) is 2.38. The molecule has 0 atom stereocenters. The highest BCUT2D eigenvalue weighted by Crippen LogP contribution is 2.16. The number of rotatable bonds is 2. The Kier molecular flexibility index (Phi) is 2.78. The highest BCUT2D eigenvalue weighted by molar-refractivity contribution is 5.39. The first-order chi connectivity index (χ1) is 10.3. The van der Waals surface area contributed by atoms with Crippen LogP contribution in [0.15, 0.2) is 35.8 Å². The van der Waals surface area contributed by atoms with E-state index in [-0.39, 0.29) is 5.56 Å². The molecule has 21 heavy (non-hydrogen) atoms. The van der Waals surface area contributed by atoms with Crippen LogP contribution in [-0.2, 0) is 19.5 Å². The van der Waals surface area contributed by atoms with Crippen LogP contribution in [0.1, 0.15) is 16.8 Å². The lowest BCUT2D eigenvalue weighted by Crippen LogP contribution is -2.34. The minimum Gasteiger partial charge on any atom is -0.313 e. The number of aromatic nitrogens is 5. The lowest BCUT2D eigenvalue weighted by Gasteiger charge is -2.27. The molecule has 7 nitrogen and oxygen atoms in total. The molecule has 1 aliphatic heterocycles. The van der Waals surface area contributed by atoms with Gasteiger partial charge in [-0.05, 0) is 24.1 Å². The Hall–Kier alpha value is -2.54. The van der Waals surface area contributed by atoms with Crippen LogP contribution in [0.5, 0.6) is 0 Å². The van der Waals surface area contributed by atoms with Gasteiger partial charge in [-0.1, -0.05) is 0 Å². The van der Waals surface area contributed by atoms with Gasteiger partial charge in [0, 0.05) is 31.4 Å². The molecule has 106 valence electrons. The van der Waals surface area contributed by atoms with Crippen molar-refractivity contribution in [3.05, 3.63) is 58.2 Å². The Balaban J connectivity index is 1.57. The number of hydrogen-bond acceptors (Lipinski definition) is 5. The summed E-state index contributed by atoms with van der Waals surface area (Å²) in [7, 11) is 0. The van der Waals surface area contributed by atoms with Gasteiger partial charge < -0.3 is 4.98 Å². The first kappa shape index (κ1) is 12.2. The van der Waals surface area contributed by atoms with Crippen LogP contribution < -0.4 is 5.56 Å². The third-order valence-corrected chi connectivity index (χ3v) is 3.84. The first-order valence-corrected chi connectivity index (χ1v) is 6.86. The number of nitrogens with zero attached hydrogens (tertiary/aromatic N) is 5. The van der Waals surface area contributed by atoms with E-state index in [0.29, 0.717) is 6.54 Å². The molecule has 4 rings (SSSR count). The van der Waals surface area contributed by atoms with Gasteiger partial charge in [-0.15, -0.1) is 0 Å². The molecule has 3 aromatic heterocycles. The second kappa shape index (κ2) is 4.78. The van der Waals surface area contributed by atoms with Crippen LogP contribution in [0.25, 0.3) is 5.65 Å². The Morgan fingerprint density at radius 2 is 2.29 bits per heavy atom. The van der Waals surface area contributed by atoms with Gasteiger partial charge in [0.2, 0.25) is 0 Å². The Morgan fingerprint density at radius 3 is 3.24 bits per heavy atom. The number of hydrogen-bond donors (Lipinski definition) is 1. The zero-order chi connectivity index (χ0) is 14.2. The molecule has 4 heterocycles. The molecule has 7 heteroatoms. The van der Waals surface area contributed by atoms with Crippen LogP contribution in [0.4, 0.5) is 0 Å². The van der Waals surface area contributed by atoms with Gasteiger partial charge in [0.25, 0.3) is 5.56 Å². The molecule has 0 spiro atoms. The van der Waals surface area contributed by atoms with Gasteiger partial charge in [-0.25, -0.2) is 14.5 Å². The highest BCUT2D eigenvalue weighted by Gasteiger charge is 2.19. The number of fused-ring (bicyclic) bond motifs is 2. The summed E-state index contributed by atoms with van der Waals surface area (Å²) in [6.07, 6.45) is 5.68. The molecule has 0 amide bonds. The highest BCUT2D eigenvalue weighted by atomic mass is 16.1. The number of aromatic amines is 1. The Bertz CT molecular complexity index is 852. The first-order valence-electron chi connectivity index (χ1n) is 6.86. The van der Waals surface area contributed by atoms with E-state index in [2.05, 4.69) is 25.0 Å². The van der Waals surface area contributed by atoms with Crippen molar-refractivity contribution >= 4 is 5.65 Å². The van der Waals surface area contributed by atoms with Crippen molar-refractivity contribution in [1.29, 1.82) is 0 Å². The molecule has 1 aliphatic rings. The zero-order valence-electron chi connectivity index (χ0n) is 11.4. The molecular weight excluding hydrogens is 268 g/mol. The minimum absolute atomic E-state index is 0.00969. The van der Waals surface area contributed by atoms with Crippen LogP contribution in [0.2, 0.25) is 0 Å². The maximum Gasteiger partial charge on any atom is 0.254 e. The summed E-state index contributed by atoms with van der Waals surface area (Å²) in [5.74, 6) is 0. The Labute approximate surface area is 120 Å². The van der Waals surface area contributed by atoms with Crippen molar-refractivity contribution < 1.29 is 0 Å². The minimum atomic E-state index is -0.00969. The normalized spacial score (nSPS) is 15.2. The van der Waals surface area contributed by atoms with Crippen LogP contribution in [0.3, 0.4) is 0 Å². The maximum atomic E-state index is 11.7. The summed E-state index contributed by atoms with van der Waals surface area (Å²) in [6, 6.07) is 4.08. The summed E-state index contributed by atoms with van der Waals surface area (Å²) < 4.78 is 1.75. The molecule has 0 aliphatic carbocycles. The number of H-pyrrole nitrogens is 1. The smallest absolute Gasteiger partial charge is 0.254 e. The zero-order valence-corrected chi connectivity index (χ0v) is 11.4. The number of pyridine rings is 1. The topological polar surface area (TPSA) is 79.2 Å². The molecule has 3 aromatic rings. The van der Waals surface area contributed by atoms with E-state index < -0.39 is 0 Å². The molecule has 0 fully saturated rings. The van der Waals surface area contributed by atoms with E-state index in [1.807, 2.05) is 18.3 Å². The van der Waals surface area contributed by atoms with E-state index in [9.17, 15) is 4.79 Å². The van der Waals surface area contributed by atoms with Gasteiger partial charge in [-0.3, -0.25) is 9.69 Å². The predicted octanol–water partition coefficient (Wildman–Crippen LogP) is 0.371. The van der Waals surface area contributed by atoms with E-state index >= 15 is 0 Å². The maximum absolute atomic E-state index is 11.7. The molecule has 0 aromatic carbocycles. The monoisotopic (exact) mass is 282 g/mol. The molecule has 0 radical (unpaired) electrons. The summed E-state index contributed by atoms with van der Waals surface area (Å²) in [5, 5.41) is 4.09. The van der Waals surface area contributed by atoms with E-state index in [1.165, 1.54) is 11.9 Å². The molecule has 0 saturated heterocycles. The van der Waals surface area contributed by atoms with Crippen molar-refractivity contribution in [3.8, 4) is 0 Å². The predicted molar refractivity (Wildman–Crippen MR) is 75.7 cm³/mol. The lowest BCUT2D eigenvalue weighted by atomic mass is 10.1. The Morgan fingerprint density at radius 1 is 1.33 bits per heavy atom. The molecule has 0 bridgehead atoms. The van der Waals surface area contributed by atoms with Gasteiger partial charge in [0.05, 0.1) is 12.0 Å². The van der Waals surface area contributed by atoms with E-state index in [0.717, 1.165) is 36.4 Å². The quantitative estimate of drug-likeness (QED) is 0.734. The van der Waals surface area contributed by atoms with E-state index in [4.69, 9.17) is 0 Å². The largest absolute Gasteiger partial charge is 0.313 e. The SMILES string of the molecule is O=c1[nH]cnc2c1CCN(Cc1ccn3ncnc3c1)C2. The summed E-state index contributed by atoms with van der Waals surface area (Å²) in [5.41, 5.74) is 3.73. The fourth-order valence-corrected chi connectivity index (χ4v) is 2.77. The second-order valence-corrected chi connectivity index (χ2v) is 5.22. The summed E-state index contributed by atoms with van der Waals surface area (Å²) >= 11 is 0. The second-order valence-electron chi connectivity index (χ2n) is 5.22. The molecule has 1 N–H and O–H groups in total. The standard InChI is InChI=1S/C14H14N6O/c21-14-11-2-3-19(7-12(11)15-8-17-14)6-10-1-4-20-13(5-10)16-9-18-20/h1,4-5,8-9H,2-3,6-7H2,(H,15,17,21). The molecule has 0 unspecified atom stereocenters. The molecular formula is C14H14N6O. The fourth-order valence-electron chi connectivity index (χ4n) is 2.77. The van der Waals surface area contributed by atoms with Crippen LogP contribution >= 0.6 is 0 Å². The third kappa shape index (κ3) is 2.21. The van der Waals surface area contributed by atoms with Crippen molar-refractivity contribution in [2.45, 2.75) is 19.5 Å². The lowest BCUT2D eigenvalue weighted by molar-refractivity contribution is 0.240. The molecule has 0 saturated carbocycles.